The fourth-order valence-electron chi connectivity index (χ4n) is 2.04. The maximum atomic E-state index is 2.35. The summed E-state index contributed by atoms with van der Waals surface area (Å²) in [6.45, 7) is 3.15. The van der Waals surface area contributed by atoms with Gasteiger partial charge in [0, 0.05) is 12.5 Å². The zero-order valence-corrected chi connectivity index (χ0v) is 10.3. The SMILES string of the molecule is Cc1ccc(C2C=CC(CN(C)C)=C2)cc1. The minimum atomic E-state index is 0.468. The van der Waals surface area contributed by atoms with Crippen LogP contribution in [0.4, 0.5) is 0 Å². The Morgan fingerprint density at radius 1 is 1.12 bits per heavy atom. The summed E-state index contributed by atoms with van der Waals surface area (Å²) >= 11 is 0. The van der Waals surface area contributed by atoms with E-state index in [9.17, 15) is 0 Å². The van der Waals surface area contributed by atoms with Crippen molar-refractivity contribution in [2.24, 2.45) is 0 Å². The van der Waals surface area contributed by atoms with E-state index < -0.39 is 0 Å². The molecule has 1 atom stereocenters. The number of rotatable bonds is 3. The van der Waals surface area contributed by atoms with Crippen LogP contribution in [0.1, 0.15) is 17.0 Å². The van der Waals surface area contributed by atoms with Gasteiger partial charge < -0.3 is 4.90 Å². The van der Waals surface area contributed by atoms with E-state index in [2.05, 4.69) is 68.4 Å². The summed E-state index contributed by atoms with van der Waals surface area (Å²) in [7, 11) is 4.21. The van der Waals surface area contributed by atoms with Crippen LogP contribution in [-0.4, -0.2) is 25.5 Å². The first-order chi connectivity index (χ1) is 7.65. The highest BCUT2D eigenvalue weighted by atomic mass is 15.0. The summed E-state index contributed by atoms with van der Waals surface area (Å²) in [6.07, 6.45) is 6.87. The lowest BCUT2D eigenvalue weighted by Crippen LogP contribution is -2.13. The van der Waals surface area contributed by atoms with E-state index in [0.29, 0.717) is 5.92 Å². The average molecular weight is 213 g/mol. The minimum absolute atomic E-state index is 0.468. The van der Waals surface area contributed by atoms with E-state index in [1.165, 1.54) is 16.7 Å². The van der Waals surface area contributed by atoms with Gasteiger partial charge in [0.25, 0.3) is 0 Å². The Kier molecular flexibility index (Phi) is 3.25. The highest BCUT2D eigenvalue weighted by Gasteiger charge is 2.11. The third-order valence-electron chi connectivity index (χ3n) is 2.87. The highest BCUT2D eigenvalue weighted by Crippen LogP contribution is 2.26. The zero-order valence-electron chi connectivity index (χ0n) is 10.3. The van der Waals surface area contributed by atoms with Gasteiger partial charge in [-0.05, 0) is 32.2 Å². The van der Waals surface area contributed by atoms with E-state index in [1.807, 2.05) is 0 Å². The summed E-state index contributed by atoms with van der Waals surface area (Å²) in [4.78, 5) is 2.20. The van der Waals surface area contributed by atoms with Crippen molar-refractivity contribution in [1.82, 2.24) is 4.90 Å². The molecule has 0 saturated carbocycles. The van der Waals surface area contributed by atoms with Crippen molar-refractivity contribution >= 4 is 0 Å². The molecule has 0 amide bonds. The monoisotopic (exact) mass is 213 g/mol. The molecule has 0 aromatic heterocycles. The summed E-state index contributed by atoms with van der Waals surface area (Å²) in [5, 5.41) is 0. The predicted octanol–water partition coefficient (Wildman–Crippen LogP) is 3.14. The lowest BCUT2D eigenvalue weighted by Gasteiger charge is -2.09. The molecule has 0 spiro atoms. The zero-order chi connectivity index (χ0) is 11.5. The van der Waals surface area contributed by atoms with Gasteiger partial charge in [0.15, 0.2) is 0 Å². The third kappa shape index (κ3) is 2.61. The van der Waals surface area contributed by atoms with Gasteiger partial charge in [-0.15, -0.1) is 0 Å². The van der Waals surface area contributed by atoms with E-state index in [4.69, 9.17) is 0 Å². The van der Waals surface area contributed by atoms with Crippen molar-refractivity contribution < 1.29 is 0 Å². The highest BCUT2D eigenvalue weighted by molar-refractivity contribution is 5.41. The average Bonchev–Trinajstić information content (AvgIpc) is 2.66. The van der Waals surface area contributed by atoms with Gasteiger partial charge in [0.05, 0.1) is 0 Å². The molecule has 0 radical (unpaired) electrons. The predicted molar refractivity (Wildman–Crippen MR) is 69.7 cm³/mol. The fourth-order valence-corrected chi connectivity index (χ4v) is 2.04. The molecule has 1 aromatic rings. The van der Waals surface area contributed by atoms with E-state index in [0.717, 1.165) is 6.54 Å². The topological polar surface area (TPSA) is 3.24 Å². The summed E-state index contributed by atoms with van der Waals surface area (Å²) in [5.74, 6) is 0.468. The van der Waals surface area contributed by atoms with Crippen LogP contribution in [0.3, 0.4) is 0 Å². The number of allylic oxidation sites excluding steroid dienone is 2. The molecule has 0 aliphatic heterocycles. The van der Waals surface area contributed by atoms with E-state index >= 15 is 0 Å². The van der Waals surface area contributed by atoms with Crippen molar-refractivity contribution in [1.29, 1.82) is 0 Å². The van der Waals surface area contributed by atoms with Crippen LogP contribution in [0.25, 0.3) is 0 Å². The molecule has 0 fully saturated rings. The van der Waals surface area contributed by atoms with Crippen molar-refractivity contribution in [3.05, 3.63) is 59.2 Å². The quantitative estimate of drug-likeness (QED) is 0.745. The molecule has 0 bridgehead atoms. The van der Waals surface area contributed by atoms with Crippen molar-refractivity contribution in [3.63, 3.8) is 0 Å². The fraction of sp³-hybridized carbons (Fsp3) is 0.333. The minimum Gasteiger partial charge on any atom is -0.305 e. The maximum Gasteiger partial charge on any atom is 0.0224 e. The third-order valence-corrected chi connectivity index (χ3v) is 2.87. The number of aryl methyl sites for hydroxylation is 1. The summed E-state index contributed by atoms with van der Waals surface area (Å²) < 4.78 is 0. The molecule has 0 saturated heterocycles. The first-order valence-electron chi connectivity index (χ1n) is 5.75. The van der Waals surface area contributed by atoms with Crippen molar-refractivity contribution in [2.45, 2.75) is 12.8 Å². The molecular formula is C15H19N. The Labute approximate surface area is 98.1 Å². The standard InChI is InChI=1S/C15H19N/c1-12-4-7-14(8-5-12)15-9-6-13(10-15)11-16(2)3/h4-10,15H,11H2,1-3H3. The van der Waals surface area contributed by atoms with Crippen LogP contribution in [0.5, 0.6) is 0 Å². The Bertz CT molecular complexity index is 410. The molecule has 1 heteroatoms. The van der Waals surface area contributed by atoms with Crippen molar-refractivity contribution in [2.75, 3.05) is 20.6 Å². The molecule has 0 N–H and O–H groups in total. The number of hydrogen-bond acceptors (Lipinski definition) is 1. The van der Waals surface area contributed by atoms with Crippen LogP contribution in [0.2, 0.25) is 0 Å². The van der Waals surface area contributed by atoms with E-state index in [-0.39, 0.29) is 0 Å². The van der Waals surface area contributed by atoms with Gasteiger partial charge in [-0.25, -0.2) is 0 Å². The summed E-state index contributed by atoms with van der Waals surface area (Å²) in [5.41, 5.74) is 4.12. The lowest BCUT2D eigenvalue weighted by molar-refractivity contribution is 0.449. The molecule has 16 heavy (non-hydrogen) atoms. The number of hydrogen-bond donors (Lipinski definition) is 0. The normalized spacial score (nSPS) is 19.2. The molecule has 1 aromatic carbocycles. The number of nitrogens with zero attached hydrogens (tertiary/aromatic N) is 1. The number of likely N-dealkylation sites (N-methyl/N-ethyl adjacent to an activating group) is 1. The van der Waals surface area contributed by atoms with Crippen LogP contribution in [-0.2, 0) is 0 Å². The Balaban J connectivity index is 2.11. The Hall–Kier alpha value is -1.34. The molecular weight excluding hydrogens is 194 g/mol. The second kappa shape index (κ2) is 4.67. The van der Waals surface area contributed by atoms with Crippen LogP contribution < -0.4 is 0 Å². The van der Waals surface area contributed by atoms with Gasteiger partial charge in [0.2, 0.25) is 0 Å². The first-order valence-corrected chi connectivity index (χ1v) is 5.75. The van der Waals surface area contributed by atoms with Gasteiger partial charge >= 0.3 is 0 Å². The van der Waals surface area contributed by atoms with Crippen LogP contribution >= 0.6 is 0 Å². The second-order valence-electron chi connectivity index (χ2n) is 4.77. The Morgan fingerprint density at radius 3 is 2.44 bits per heavy atom. The second-order valence-corrected chi connectivity index (χ2v) is 4.77. The van der Waals surface area contributed by atoms with Gasteiger partial charge in [-0.1, -0.05) is 48.1 Å². The largest absolute Gasteiger partial charge is 0.305 e. The molecule has 1 nitrogen and oxygen atoms in total. The van der Waals surface area contributed by atoms with Crippen LogP contribution in [0, 0.1) is 6.92 Å². The maximum absolute atomic E-state index is 2.35. The van der Waals surface area contributed by atoms with Crippen molar-refractivity contribution in [3.8, 4) is 0 Å². The van der Waals surface area contributed by atoms with Gasteiger partial charge in [0.1, 0.15) is 0 Å². The summed E-state index contributed by atoms with van der Waals surface area (Å²) in [6, 6.07) is 8.81. The smallest absolute Gasteiger partial charge is 0.0224 e. The molecule has 84 valence electrons. The van der Waals surface area contributed by atoms with Gasteiger partial charge in [-0.2, -0.15) is 0 Å². The molecule has 1 aliphatic rings. The molecule has 1 aliphatic carbocycles. The van der Waals surface area contributed by atoms with Gasteiger partial charge in [-0.3, -0.25) is 0 Å². The Morgan fingerprint density at radius 2 is 1.81 bits per heavy atom. The number of benzene rings is 1. The molecule has 2 rings (SSSR count). The molecule has 1 unspecified atom stereocenters. The lowest BCUT2D eigenvalue weighted by atomic mass is 9.99. The van der Waals surface area contributed by atoms with E-state index in [1.54, 1.807) is 0 Å². The molecule has 0 heterocycles. The van der Waals surface area contributed by atoms with Crippen LogP contribution in [0.15, 0.2) is 48.1 Å². The first kappa shape index (κ1) is 11.2.